The molecule has 1 aromatic rings. The number of non-ortho nitro benzene ring substituents is 1. The molecule has 2 amide bonds. The van der Waals surface area contributed by atoms with E-state index >= 15 is 0 Å². The third-order valence-electron chi connectivity index (χ3n) is 2.32. The molecule has 1 aliphatic rings. The zero-order valence-corrected chi connectivity index (χ0v) is 12.7. The molecule has 0 saturated carbocycles. The molecule has 0 bridgehead atoms. The Hall–Kier alpha value is -0.930. The van der Waals surface area contributed by atoms with Gasteiger partial charge in [-0.25, -0.2) is 4.79 Å². The first-order chi connectivity index (χ1) is 9.28. The van der Waals surface area contributed by atoms with Gasteiger partial charge >= 0.3 is 6.03 Å². The van der Waals surface area contributed by atoms with Crippen LogP contribution in [-0.2, 0) is 0 Å². The summed E-state index contributed by atoms with van der Waals surface area (Å²) in [5.74, 6) is 0. The number of hydrogen-bond donors (Lipinski definition) is 1. The average molecular weight is 358 g/mol. The number of amides is 2. The van der Waals surface area contributed by atoms with Crippen molar-refractivity contribution in [1.29, 1.82) is 0 Å². The quantitative estimate of drug-likeness (QED) is 0.389. The Morgan fingerprint density at radius 1 is 1.40 bits per heavy atom. The van der Waals surface area contributed by atoms with Crippen LogP contribution in [-0.4, -0.2) is 25.2 Å². The zero-order valence-electron chi connectivity index (χ0n) is 9.63. The summed E-state index contributed by atoms with van der Waals surface area (Å²) < 4.78 is -0.632. The van der Waals surface area contributed by atoms with Gasteiger partial charge in [-0.2, -0.15) is 9.84 Å². The van der Waals surface area contributed by atoms with Gasteiger partial charge < -0.3 is 0 Å². The fourth-order valence-corrected chi connectivity index (χ4v) is 2.66. The summed E-state index contributed by atoms with van der Waals surface area (Å²) in [6, 6.07) is 5.22. The molecule has 11 heteroatoms. The third kappa shape index (κ3) is 3.58. The molecule has 20 heavy (non-hydrogen) atoms. The Morgan fingerprint density at radius 3 is 2.70 bits per heavy atom. The molecule has 1 heterocycles. The highest BCUT2D eigenvalue weighted by atomic mass is 35.6. The molecule has 2 rings (SSSR count). The zero-order chi connectivity index (χ0) is 14.9. The minimum Gasteiger partial charge on any atom is -0.277 e. The van der Waals surface area contributed by atoms with Gasteiger partial charge in [0.15, 0.2) is 0 Å². The number of nitrogens with one attached hydrogen (secondary N) is 1. The van der Waals surface area contributed by atoms with Gasteiger partial charge in [0.25, 0.3) is 8.81 Å². The molecular formula is C9H7Cl3N4O3S. The number of hydrazine groups is 1. The molecule has 0 spiro atoms. The molecule has 1 aromatic carbocycles. The molecule has 0 aromatic heterocycles. The monoisotopic (exact) mass is 356 g/mol. The molecule has 0 atom stereocenters. The number of carbonyl (C=O) groups excluding carboxylic acids is 1. The van der Waals surface area contributed by atoms with E-state index in [9.17, 15) is 14.9 Å². The largest absolute Gasteiger partial charge is 0.350 e. The van der Waals surface area contributed by atoms with Crippen molar-refractivity contribution < 1.29 is 9.72 Å². The fraction of sp³-hybridized carbons (Fsp3) is 0.222. The summed E-state index contributed by atoms with van der Waals surface area (Å²) in [6.45, 7) is 0.119. The van der Waals surface area contributed by atoms with E-state index in [-0.39, 0.29) is 12.4 Å². The van der Waals surface area contributed by atoms with Gasteiger partial charge in [-0.15, -0.1) is 0 Å². The number of nitrogens with zero attached hydrogens (tertiary/aromatic N) is 3. The molecular weight excluding hydrogens is 351 g/mol. The van der Waals surface area contributed by atoms with E-state index in [1.54, 1.807) is 6.07 Å². The van der Waals surface area contributed by atoms with Crippen molar-refractivity contribution in [2.24, 2.45) is 0 Å². The summed E-state index contributed by atoms with van der Waals surface area (Å²) in [4.78, 5) is 23.6. The Morgan fingerprint density at radius 2 is 2.10 bits per heavy atom. The van der Waals surface area contributed by atoms with Crippen molar-refractivity contribution in [3.05, 3.63) is 34.4 Å². The molecule has 7 nitrogen and oxygen atoms in total. The molecule has 108 valence electrons. The summed E-state index contributed by atoms with van der Waals surface area (Å²) in [5.41, 5.74) is 2.98. The van der Waals surface area contributed by atoms with Crippen molar-refractivity contribution in [2.45, 2.75) is 3.12 Å². The van der Waals surface area contributed by atoms with Crippen LogP contribution < -0.4 is 10.3 Å². The maximum absolute atomic E-state index is 12.1. The number of nitro groups is 1. The number of carbonyl (C=O) groups is 1. The second-order valence-electron chi connectivity index (χ2n) is 3.64. The van der Waals surface area contributed by atoms with E-state index < -0.39 is 14.1 Å². The minimum absolute atomic E-state index is 0.109. The Kier molecular flexibility index (Phi) is 4.50. The predicted octanol–water partition coefficient (Wildman–Crippen LogP) is 3.27. The number of hydrogen-bond acceptors (Lipinski definition) is 5. The van der Waals surface area contributed by atoms with Crippen LogP contribution >= 0.6 is 46.8 Å². The molecule has 1 N–H and O–H groups in total. The molecule has 0 radical (unpaired) electrons. The van der Waals surface area contributed by atoms with Crippen LogP contribution in [0.5, 0.6) is 0 Å². The molecule has 1 aliphatic heterocycles. The first-order valence-electron chi connectivity index (χ1n) is 5.13. The van der Waals surface area contributed by atoms with Crippen LogP contribution in [0.4, 0.5) is 16.2 Å². The smallest absolute Gasteiger partial charge is 0.277 e. The number of nitro benzene ring substituents is 1. The number of halogens is 3. The van der Waals surface area contributed by atoms with Crippen LogP contribution in [0.3, 0.4) is 0 Å². The predicted molar refractivity (Wildman–Crippen MR) is 78.7 cm³/mol. The van der Waals surface area contributed by atoms with Crippen LogP contribution in [0.2, 0.25) is 0 Å². The lowest BCUT2D eigenvalue weighted by molar-refractivity contribution is -0.384. The molecule has 1 saturated heterocycles. The van der Waals surface area contributed by atoms with Crippen LogP contribution in [0.1, 0.15) is 0 Å². The molecule has 0 unspecified atom stereocenters. The number of benzene rings is 1. The summed E-state index contributed by atoms with van der Waals surface area (Å²) in [5, 5.41) is 10.7. The maximum atomic E-state index is 12.1. The Bertz CT molecular complexity index is 553. The lowest BCUT2D eigenvalue weighted by Crippen LogP contribution is -2.31. The fourth-order valence-electron chi connectivity index (χ4n) is 1.53. The number of alkyl halides is 3. The van der Waals surface area contributed by atoms with Crippen molar-refractivity contribution in [3.8, 4) is 0 Å². The van der Waals surface area contributed by atoms with Gasteiger partial charge in [0.2, 0.25) is 0 Å². The third-order valence-corrected chi connectivity index (χ3v) is 3.62. The standard InChI is InChI=1S/C9H7Cl3N4O3S/c10-9(11,12)20-15-8(17)14(5-13-15)6-2-1-3-7(4-6)16(18)19/h1-4,13H,5H2. The van der Waals surface area contributed by atoms with E-state index in [1.807, 2.05) is 0 Å². The van der Waals surface area contributed by atoms with Crippen molar-refractivity contribution in [2.75, 3.05) is 11.6 Å². The van der Waals surface area contributed by atoms with E-state index in [2.05, 4.69) is 5.43 Å². The second kappa shape index (κ2) is 5.82. The van der Waals surface area contributed by atoms with Crippen LogP contribution in [0.25, 0.3) is 0 Å². The Balaban J connectivity index is 2.17. The summed E-state index contributed by atoms with van der Waals surface area (Å²) >= 11 is 17.4. The highest BCUT2D eigenvalue weighted by Gasteiger charge is 2.36. The molecule has 0 aliphatic carbocycles. The van der Waals surface area contributed by atoms with Crippen LogP contribution in [0.15, 0.2) is 24.3 Å². The lowest BCUT2D eigenvalue weighted by atomic mass is 10.2. The number of anilines is 1. The number of rotatable bonds is 3. The minimum atomic E-state index is -1.69. The lowest BCUT2D eigenvalue weighted by Gasteiger charge is -2.19. The maximum Gasteiger partial charge on any atom is 0.350 e. The molecule has 1 fully saturated rings. The Labute approximate surface area is 133 Å². The van der Waals surface area contributed by atoms with Crippen molar-refractivity contribution in [3.63, 3.8) is 0 Å². The normalized spacial score (nSPS) is 15.8. The first kappa shape index (κ1) is 15.5. The van der Waals surface area contributed by atoms with Gasteiger partial charge in [0.05, 0.1) is 17.3 Å². The van der Waals surface area contributed by atoms with E-state index in [0.717, 1.165) is 4.41 Å². The van der Waals surface area contributed by atoms with Gasteiger partial charge in [-0.3, -0.25) is 15.0 Å². The topological polar surface area (TPSA) is 78.7 Å². The highest BCUT2D eigenvalue weighted by molar-refractivity contribution is 8.03. The highest BCUT2D eigenvalue weighted by Crippen LogP contribution is 2.41. The van der Waals surface area contributed by atoms with Gasteiger partial charge in [-0.1, -0.05) is 40.9 Å². The van der Waals surface area contributed by atoms with Crippen molar-refractivity contribution in [1.82, 2.24) is 9.84 Å². The van der Waals surface area contributed by atoms with E-state index in [0.29, 0.717) is 17.6 Å². The van der Waals surface area contributed by atoms with Gasteiger partial charge in [0.1, 0.15) is 0 Å². The van der Waals surface area contributed by atoms with Gasteiger partial charge in [0, 0.05) is 24.1 Å². The summed E-state index contributed by atoms with van der Waals surface area (Å²) in [7, 11) is 0. The summed E-state index contributed by atoms with van der Waals surface area (Å²) in [6.07, 6.45) is 0. The van der Waals surface area contributed by atoms with E-state index in [1.165, 1.54) is 23.1 Å². The first-order valence-corrected chi connectivity index (χ1v) is 7.04. The van der Waals surface area contributed by atoms with Crippen molar-refractivity contribution >= 4 is 64.2 Å². The average Bonchev–Trinajstić information content (AvgIpc) is 2.69. The number of urea groups is 1. The SMILES string of the molecule is O=C1N(SC(Cl)(Cl)Cl)NCN1c1cccc([N+](=O)[O-])c1. The van der Waals surface area contributed by atoms with E-state index in [4.69, 9.17) is 34.8 Å². The van der Waals surface area contributed by atoms with Crippen LogP contribution in [0, 0.1) is 10.1 Å². The van der Waals surface area contributed by atoms with Gasteiger partial charge in [-0.05, 0) is 6.07 Å². The second-order valence-corrected chi connectivity index (χ2v) is 7.75.